The van der Waals surface area contributed by atoms with Crippen molar-refractivity contribution >= 4 is 40.0 Å². The number of anilines is 1. The van der Waals surface area contributed by atoms with E-state index in [4.69, 9.17) is 4.74 Å². The largest absolute Gasteiger partial charge is 0.487 e. The number of halogens is 1. The van der Waals surface area contributed by atoms with Crippen molar-refractivity contribution < 1.29 is 14.3 Å². The van der Waals surface area contributed by atoms with Gasteiger partial charge in [-0.1, -0.05) is 0 Å². The summed E-state index contributed by atoms with van der Waals surface area (Å²) in [6.45, 7) is 3.76. The summed E-state index contributed by atoms with van der Waals surface area (Å²) < 4.78 is 6.90. The van der Waals surface area contributed by atoms with Gasteiger partial charge in [0, 0.05) is 14.8 Å². The predicted molar refractivity (Wildman–Crippen MR) is 97.2 cm³/mol. The molecule has 23 heavy (non-hydrogen) atoms. The number of ketones is 1. The average Bonchev–Trinajstić information content (AvgIpc) is 2.48. The summed E-state index contributed by atoms with van der Waals surface area (Å²) in [6.07, 6.45) is 0.308. The molecule has 1 aliphatic rings. The van der Waals surface area contributed by atoms with E-state index in [1.54, 1.807) is 18.2 Å². The Morgan fingerprint density at radius 3 is 2.57 bits per heavy atom. The van der Waals surface area contributed by atoms with Crippen molar-refractivity contribution in [1.29, 1.82) is 0 Å². The third-order valence-corrected chi connectivity index (χ3v) is 4.34. The lowest BCUT2D eigenvalue weighted by Crippen LogP contribution is -2.36. The number of benzene rings is 2. The van der Waals surface area contributed by atoms with Crippen LogP contribution in [-0.4, -0.2) is 17.3 Å². The number of Topliss-reactive ketones (excluding diaryl/α,β-unsaturated/α-hetero) is 1. The zero-order valence-electron chi connectivity index (χ0n) is 12.9. The maximum Gasteiger partial charge on any atom is 0.255 e. The van der Waals surface area contributed by atoms with Crippen molar-refractivity contribution in [2.45, 2.75) is 25.9 Å². The molecule has 4 nitrogen and oxygen atoms in total. The molecule has 1 N–H and O–H groups in total. The maximum atomic E-state index is 12.4. The van der Waals surface area contributed by atoms with Crippen molar-refractivity contribution in [2.24, 2.45) is 0 Å². The van der Waals surface area contributed by atoms with Gasteiger partial charge in [0.1, 0.15) is 11.4 Å². The zero-order chi connectivity index (χ0) is 16.6. The number of amides is 1. The lowest BCUT2D eigenvalue weighted by molar-refractivity contribution is 0.0620. The first kappa shape index (κ1) is 16.0. The van der Waals surface area contributed by atoms with E-state index in [0.29, 0.717) is 23.3 Å². The summed E-state index contributed by atoms with van der Waals surface area (Å²) >= 11 is 2.21. The van der Waals surface area contributed by atoms with E-state index < -0.39 is 5.60 Å². The zero-order valence-corrected chi connectivity index (χ0v) is 15.0. The van der Waals surface area contributed by atoms with E-state index in [9.17, 15) is 9.59 Å². The number of hydrogen-bond acceptors (Lipinski definition) is 3. The second-order valence-electron chi connectivity index (χ2n) is 6.13. The topological polar surface area (TPSA) is 55.4 Å². The van der Waals surface area contributed by atoms with Crippen molar-refractivity contribution in [2.75, 3.05) is 5.32 Å². The quantitative estimate of drug-likeness (QED) is 0.737. The van der Waals surface area contributed by atoms with Crippen LogP contribution in [0.15, 0.2) is 42.5 Å². The summed E-state index contributed by atoms with van der Waals surface area (Å²) in [6, 6.07) is 12.5. The molecule has 1 heterocycles. The fourth-order valence-electron chi connectivity index (χ4n) is 2.53. The second-order valence-corrected chi connectivity index (χ2v) is 7.38. The normalized spacial score (nSPS) is 15.5. The highest BCUT2D eigenvalue weighted by Gasteiger charge is 2.32. The van der Waals surface area contributed by atoms with Crippen LogP contribution in [0.4, 0.5) is 5.69 Å². The van der Waals surface area contributed by atoms with Gasteiger partial charge in [-0.05, 0) is 78.9 Å². The van der Waals surface area contributed by atoms with Crippen LogP contribution in [0.1, 0.15) is 41.0 Å². The smallest absolute Gasteiger partial charge is 0.255 e. The number of carbonyl (C=O) groups excluding carboxylic acids is 2. The van der Waals surface area contributed by atoms with Gasteiger partial charge < -0.3 is 10.1 Å². The van der Waals surface area contributed by atoms with Gasteiger partial charge in [-0.3, -0.25) is 9.59 Å². The number of ether oxygens (including phenoxy) is 1. The first-order valence-corrected chi connectivity index (χ1v) is 8.35. The van der Waals surface area contributed by atoms with Crippen molar-refractivity contribution in [3.8, 4) is 5.75 Å². The van der Waals surface area contributed by atoms with E-state index in [-0.39, 0.29) is 11.7 Å². The number of carbonyl (C=O) groups is 2. The molecule has 0 aromatic heterocycles. The molecule has 0 unspecified atom stereocenters. The van der Waals surface area contributed by atoms with Crippen LogP contribution < -0.4 is 10.1 Å². The molecule has 3 rings (SSSR count). The molecular formula is C18H16INO3. The molecule has 1 amide bonds. The lowest BCUT2D eigenvalue weighted by atomic mass is 9.92. The van der Waals surface area contributed by atoms with Gasteiger partial charge in [0.15, 0.2) is 5.78 Å². The van der Waals surface area contributed by atoms with Crippen LogP contribution in [0.2, 0.25) is 0 Å². The first-order valence-electron chi connectivity index (χ1n) is 7.27. The molecule has 0 fully saturated rings. The van der Waals surface area contributed by atoms with Crippen molar-refractivity contribution in [3.63, 3.8) is 0 Å². The molecule has 2 aromatic carbocycles. The van der Waals surface area contributed by atoms with Gasteiger partial charge in [0.25, 0.3) is 5.91 Å². The second kappa shape index (κ2) is 5.96. The molecule has 0 aliphatic carbocycles. The van der Waals surface area contributed by atoms with Crippen LogP contribution in [0, 0.1) is 3.57 Å². The Labute approximate surface area is 148 Å². The minimum atomic E-state index is -0.505. The monoisotopic (exact) mass is 421 g/mol. The molecule has 118 valence electrons. The molecule has 0 saturated heterocycles. The standard InChI is InChI=1S/C18H16INO3/c1-18(2)10-15(21)14-9-11(3-8-16(14)23-18)17(22)20-13-6-4-12(19)5-7-13/h3-9H,10H2,1-2H3,(H,20,22). The van der Waals surface area contributed by atoms with Crippen molar-refractivity contribution in [1.82, 2.24) is 0 Å². The summed E-state index contributed by atoms with van der Waals surface area (Å²) in [5, 5.41) is 2.83. The highest BCUT2D eigenvalue weighted by Crippen LogP contribution is 2.33. The maximum absolute atomic E-state index is 12.4. The van der Waals surface area contributed by atoms with Crippen LogP contribution in [0.3, 0.4) is 0 Å². The van der Waals surface area contributed by atoms with Gasteiger partial charge in [0.05, 0.1) is 12.0 Å². The van der Waals surface area contributed by atoms with E-state index in [0.717, 1.165) is 9.26 Å². The van der Waals surface area contributed by atoms with E-state index in [1.807, 2.05) is 38.1 Å². The third kappa shape index (κ3) is 3.55. The summed E-state index contributed by atoms with van der Waals surface area (Å²) in [5.41, 5.74) is 1.13. The summed E-state index contributed by atoms with van der Waals surface area (Å²) in [7, 11) is 0. The Morgan fingerprint density at radius 2 is 1.87 bits per heavy atom. The van der Waals surface area contributed by atoms with E-state index >= 15 is 0 Å². The van der Waals surface area contributed by atoms with E-state index in [1.165, 1.54) is 0 Å². The number of rotatable bonds is 2. The van der Waals surface area contributed by atoms with Crippen LogP contribution in [-0.2, 0) is 0 Å². The van der Waals surface area contributed by atoms with Gasteiger partial charge in [-0.25, -0.2) is 0 Å². The Bertz CT molecular complexity index is 781. The Morgan fingerprint density at radius 1 is 1.17 bits per heavy atom. The van der Waals surface area contributed by atoms with Crippen molar-refractivity contribution in [3.05, 3.63) is 57.2 Å². The van der Waals surface area contributed by atoms with Gasteiger partial charge >= 0.3 is 0 Å². The summed E-state index contributed by atoms with van der Waals surface area (Å²) in [5.74, 6) is 0.295. The minimum absolute atomic E-state index is 0.000153. The molecular weight excluding hydrogens is 405 g/mol. The Hall–Kier alpha value is -1.89. The van der Waals surface area contributed by atoms with Crippen LogP contribution in [0.25, 0.3) is 0 Å². The number of fused-ring (bicyclic) bond motifs is 1. The van der Waals surface area contributed by atoms with Gasteiger partial charge in [-0.15, -0.1) is 0 Å². The number of nitrogens with one attached hydrogen (secondary N) is 1. The molecule has 2 aromatic rings. The third-order valence-electron chi connectivity index (χ3n) is 3.62. The molecule has 0 spiro atoms. The van der Waals surface area contributed by atoms with Crippen LogP contribution in [0.5, 0.6) is 5.75 Å². The predicted octanol–water partition coefficient (Wildman–Crippen LogP) is 4.29. The molecule has 0 bridgehead atoms. The fraction of sp³-hybridized carbons (Fsp3) is 0.222. The highest BCUT2D eigenvalue weighted by atomic mass is 127. The summed E-state index contributed by atoms with van der Waals surface area (Å²) in [4.78, 5) is 24.6. The molecule has 5 heteroatoms. The van der Waals surface area contributed by atoms with Gasteiger partial charge in [-0.2, -0.15) is 0 Å². The average molecular weight is 421 g/mol. The van der Waals surface area contributed by atoms with Crippen LogP contribution >= 0.6 is 22.6 Å². The molecule has 1 aliphatic heterocycles. The SMILES string of the molecule is CC1(C)CC(=O)c2cc(C(=O)Nc3ccc(I)cc3)ccc2O1. The number of hydrogen-bond donors (Lipinski definition) is 1. The van der Waals surface area contributed by atoms with Gasteiger partial charge in [0.2, 0.25) is 0 Å². The molecule has 0 saturated carbocycles. The highest BCUT2D eigenvalue weighted by molar-refractivity contribution is 14.1. The Kier molecular flexibility index (Phi) is 4.14. The minimum Gasteiger partial charge on any atom is -0.487 e. The van der Waals surface area contributed by atoms with E-state index in [2.05, 4.69) is 27.9 Å². The first-order chi connectivity index (χ1) is 10.8. The fourth-order valence-corrected chi connectivity index (χ4v) is 2.89. The molecule has 0 radical (unpaired) electrons. The Balaban J connectivity index is 1.84. The molecule has 0 atom stereocenters. The lowest BCUT2D eigenvalue weighted by Gasteiger charge is -2.31.